The Hall–Kier alpha value is -1.56. The summed E-state index contributed by atoms with van der Waals surface area (Å²) in [4.78, 5) is 0.262. The van der Waals surface area contributed by atoms with Gasteiger partial charge in [-0.1, -0.05) is 29.3 Å². The summed E-state index contributed by atoms with van der Waals surface area (Å²) >= 11 is 6.05. The van der Waals surface area contributed by atoms with Crippen molar-refractivity contribution in [3.8, 4) is 5.75 Å². The van der Waals surface area contributed by atoms with Gasteiger partial charge >= 0.3 is 0 Å². The summed E-state index contributed by atoms with van der Waals surface area (Å²) in [5, 5.41) is 0.536. The maximum atomic E-state index is 12.8. The molecule has 2 rings (SSSR count). The van der Waals surface area contributed by atoms with Crippen LogP contribution < -0.4 is 4.74 Å². The molecule has 0 N–H and O–H groups in total. The number of hydrogen-bond acceptors (Lipinski definition) is 3. The summed E-state index contributed by atoms with van der Waals surface area (Å²) in [7, 11) is -0.501. The van der Waals surface area contributed by atoms with Crippen LogP contribution in [0.2, 0.25) is 5.02 Å². The predicted octanol–water partition coefficient (Wildman–Crippen LogP) is 4.04. The van der Waals surface area contributed by atoms with Crippen LogP contribution in [0, 0.1) is 6.92 Å². The average Bonchev–Trinajstić information content (AvgIpc) is 2.53. The van der Waals surface area contributed by atoms with E-state index in [0.29, 0.717) is 10.8 Å². The minimum atomic E-state index is -3.61. The molecule has 0 amide bonds. The first-order chi connectivity index (χ1) is 10.8. The van der Waals surface area contributed by atoms with Crippen molar-refractivity contribution >= 4 is 21.6 Å². The number of sulfonamides is 1. The molecule has 23 heavy (non-hydrogen) atoms. The molecule has 0 bridgehead atoms. The molecule has 124 valence electrons. The summed E-state index contributed by atoms with van der Waals surface area (Å²) in [6, 6.07) is 11.6. The van der Waals surface area contributed by atoms with Gasteiger partial charge in [-0.15, -0.1) is 0 Å². The number of methoxy groups -OCH3 is 1. The van der Waals surface area contributed by atoms with Gasteiger partial charge in [-0.25, -0.2) is 8.42 Å². The quantitative estimate of drug-likeness (QED) is 0.815. The number of hydrogen-bond donors (Lipinski definition) is 0. The maximum absolute atomic E-state index is 12.8. The second kappa shape index (κ2) is 6.91. The maximum Gasteiger partial charge on any atom is 0.243 e. The molecular formula is C17H20ClNO3S. The Bertz CT molecular complexity index is 788. The molecule has 0 heterocycles. The van der Waals surface area contributed by atoms with Crippen LogP contribution in [0.25, 0.3) is 0 Å². The van der Waals surface area contributed by atoms with Crippen molar-refractivity contribution in [3.05, 3.63) is 58.6 Å². The number of aryl methyl sites for hydroxylation is 1. The van der Waals surface area contributed by atoms with Gasteiger partial charge in [-0.05, 0) is 44.2 Å². The highest BCUT2D eigenvalue weighted by molar-refractivity contribution is 7.89. The second-order valence-electron chi connectivity index (χ2n) is 5.40. The molecule has 0 aromatic heterocycles. The van der Waals surface area contributed by atoms with Crippen LogP contribution in [0.5, 0.6) is 5.75 Å². The van der Waals surface area contributed by atoms with Crippen molar-refractivity contribution in [1.82, 2.24) is 4.31 Å². The Balaban J connectivity index is 2.41. The van der Waals surface area contributed by atoms with Gasteiger partial charge in [0.15, 0.2) is 0 Å². The van der Waals surface area contributed by atoms with Crippen LogP contribution in [0.4, 0.5) is 0 Å². The Labute approximate surface area is 142 Å². The molecule has 2 aromatic rings. The molecule has 1 atom stereocenters. The number of halogens is 1. The predicted molar refractivity (Wildman–Crippen MR) is 92.5 cm³/mol. The van der Waals surface area contributed by atoms with E-state index in [1.165, 1.54) is 4.31 Å². The molecule has 0 aliphatic carbocycles. The molecule has 6 heteroatoms. The second-order valence-corrected chi connectivity index (χ2v) is 7.83. The highest BCUT2D eigenvalue weighted by Gasteiger charge is 2.28. The van der Waals surface area contributed by atoms with Crippen LogP contribution in [-0.2, 0) is 10.0 Å². The molecule has 0 fully saturated rings. The van der Waals surface area contributed by atoms with E-state index in [1.807, 2.05) is 6.92 Å². The van der Waals surface area contributed by atoms with Gasteiger partial charge in [-0.3, -0.25) is 0 Å². The van der Waals surface area contributed by atoms with Crippen LogP contribution in [-0.4, -0.2) is 26.9 Å². The number of nitrogens with zero attached hydrogens (tertiary/aromatic N) is 1. The Kier molecular flexibility index (Phi) is 5.34. The van der Waals surface area contributed by atoms with Crippen LogP contribution >= 0.6 is 11.6 Å². The summed E-state index contributed by atoms with van der Waals surface area (Å²) in [5.74, 6) is 0.604. The van der Waals surface area contributed by atoms with E-state index in [-0.39, 0.29) is 4.90 Å². The van der Waals surface area contributed by atoms with E-state index in [1.54, 1.807) is 63.5 Å². The lowest BCUT2D eigenvalue weighted by Gasteiger charge is -2.26. The first-order valence-electron chi connectivity index (χ1n) is 7.15. The van der Waals surface area contributed by atoms with E-state index in [4.69, 9.17) is 16.3 Å². The smallest absolute Gasteiger partial charge is 0.243 e. The topological polar surface area (TPSA) is 46.6 Å². The van der Waals surface area contributed by atoms with E-state index < -0.39 is 16.1 Å². The lowest BCUT2D eigenvalue weighted by atomic mass is 10.1. The highest BCUT2D eigenvalue weighted by atomic mass is 35.5. The van der Waals surface area contributed by atoms with Gasteiger partial charge in [0, 0.05) is 17.6 Å². The van der Waals surface area contributed by atoms with E-state index in [2.05, 4.69) is 0 Å². The van der Waals surface area contributed by atoms with Gasteiger partial charge in [0.2, 0.25) is 10.0 Å². The minimum absolute atomic E-state index is 0.262. The Morgan fingerprint density at radius 2 is 1.74 bits per heavy atom. The molecule has 0 unspecified atom stereocenters. The number of benzene rings is 2. The fraction of sp³-hybridized carbons (Fsp3) is 0.294. The third-order valence-corrected chi connectivity index (χ3v) is 6.06. The summed E-state index contributed by atoms with van der Waals surface area (Å²) in [5.41, 5.74) is 1.73. The average molecular weight is 354 g/mol. The van der Waals surface area contributed by atoms with Gasteiger partial charge in [0.1, 0.15) is 5.75 Å². The van der Waals surface area contributed by atoms with Crippen molar-refractivity contribution in [1.29, 1.82) is 0 Å². The van der Waals surface area contributed by atoms with Crippen molar-refractivity contribution in [2.75, 3.05) is 14.2 Å². The molecule has 2 aromatic carbocycles. The zero-order chi connectivity index (χ0) is 17.2. The third kappa shape index (κ3) is 3.68. The van der Waals surface area contributed by atoms with E-state index >= 15 is 0 Å². The Morgan fingerprint density at radius 3 is 2.30 bits per heavy atom. The van der Waals surface area contributed by atoms with Crippen molar-refractivity contribution in [3.63, 3.8) is 0 Å². The van der Waals surface area contributed by atoms with Crippen LogP contribution in [0.3, 0.4) is 0 Å². The zero-order valence-corrected chi connectivity index (χ0v) is 15.1. The number of ether oxygens (including phenoxy) is 1. The molecule has 0 saturated heterocycles. The first-order valence-corrected chi connectivity index (χ1v) is 8.97. The first kappa shape index (κ1) is 17.8. The summed E-state index contributed by atoms with van der Waals surface area (Å²) in [6.45, 7) is 3.72. The van der Waals surface area contributed by atoms with Gasteiger partial charge < -0.3 is 4.74 Å². The van der Waals surface area contributed by atoms with Crippen LogP contribution in [0.15, 0.2) is 47.4 Å². The van der Waals surface area contributed by atoms with Crippen molar-refractivity contribution in [2.24, 2.45) is 0 Å². The highest BCUT2D eigenvalue weighted by Crippen LogP contribution is 2.33. The summed E-state index contributed by atoms with van der Waals surface area (Å²) < 4.78 is 32.2. The molecular weight excluding hydrogens is 334 g/mol. The number of rotatable bonds is 5. The summed E-state index contributed by atoms with van der Waals surface area (Å²) in [6.07, 6.45) is 0. The monoisotopic (exact) mass is 353 g/mol. The molecule has 0 spiro atoms. The fourth-order valence-corrected chi connectivity index (χ4v) is 3.84. The lowest BCUT2D eigenvalue weighted by Crippen LogP contribution is -2.30. The SMILES string of the molecule is COc1ccc(Cl)cc1[C@@H](C)N(C)S(=O)(=O)c1ccc(C)cc1. The molecule has 0 saturated carbocycles. The van der Waals surface area contributed by atoms with Crippen molar-refractivity contribution in [2.45, 2.75) is 24.8 Å². The minimum Gasteiger partial charge on any atom is -0.496 e. The third-order valence-electron chi connectivity index (χ3n) is 3.89. The van der Waals surface area contributed by atoms with E-state index in [0.717, 1.165) is 11.1 Å². The standard InChI is InChI=1S/C17H20ClNO3S/c1-12-5-8-15(9-6-12)23(20,21)19(3)13(2)16-11-14(18)7-10-17(16)22-4/h5-11,13H,1-4H3/t13-/m1/s1. The van der Waals surface area contributed by atoms with Gasteiger partial charge in [0.05, 0.1) is 18.0 Å². The Morgan fingerprint density at radius 1 is 1.13 bits per heavy atom. The molecule has 0 aliphatic rings. The lowest BCUT2D eigenvalue weighted by molar-refractivity contribution is 0.367. The normalized spacial score (nSPS) is 13.1. The molecule has 0 radical (unpaired) electrons. The molecule has 0 aliphatic heterocycles. The largest absolute Gasteiger partial charge is 0.496 e. The zero-order valence-electron chi connectivity index (χ0n) is 13.6. The van der Waals surface area contributed by atoms with Gasteiger partial charge in [-0.2, -0.15) is 4.31 Å². The van der Waals surface area contributed by atoms with Crippen LogP contribution in [0.1, 0.15) is 24.1 Å². The van der Waals surface area contributed by atoms with Crippen molar-refractivity contribution < 1.29 is 13.2 Å². The molecule has 4 nitrogen and oxygen atoms in total. The fourth-order valence-electron chi connectivity index (χ4n) is 2.31. The van der Waals surface area contributed by atoms with Gasteiger partial charge in [0.25, 0.3) is 0 Å². The van der Waals surface area contributed by atoms with E-state index in [9.17, 15) is 8.42 Å².